The molecular formula is C11H20N2O2. The molecular weight excluding hydrogens is 192 g/mol. The minimum atomic E-state index is -0.602. The van der Waals surface area contributed by atoms with Crippen LogP contribution in [0, 0.1) is 5.92 Å². The second-order valence-electron chi connectivity index (χ2n) is 4.64. The van der Waals surface area contributed by atoms with Gasteiger partial charge in [0, 0.05) is 32.2 Å². The number of hydrogen-bond acceptors (Lipinski definition) is 3. The molecule has 0 aromatic carbocycles. The van der Waals surface area contributed by atoms with Crippen LogP contribution in [0.1, 0.15) is 25.7 Å². The Kier molecular flexibility index (Phi) is 3.59. The van der Waals surface area contributed by atoms with Crippen LogP contribution in [-0.4, -0.2) is 48.2 Å². The SMILES string of the molecule is O=C(O)C1CCCC(N2CCNCC2)C1. The fourth-order valence-corrected chi connectivity index (χ4v) is 2.77. The number of aliphatic carboxylic acids is 1. The van der Waals surface area contributed by atoms with Crippen molar-refractivity contribution in [3.8, 4) is 0 Å². The van der Waals surface area contributed by atoms with Gasteiger partial charge in [0.15, 0.2) is 0 Å². The highest BCUT2D eigenvalue weighted by molar-refractivity contribution is 5.70. The van der Waals surface area contributed by atoms with Gasteiger partial charge in [-0.1, -0.05) is 6.42 Å². The first-order valence-electron chi connectivity index (χ1n) is 5.95. The zero-order valence-corrected chi connectivity index (χ0v) is 9.11. The van der Waals surface area contributed by atoms with Gasteiger partial charge < -0.3 is 10.4 Å². The van der Waals surface area contributed by atoms with E-state index in [0.29, 0.717) is 6.04 Å². The molecule has 1 aliphatic carbocycles. The predicted molar refractivity (Wildman–Crippen MR) is 57.8 cm³/mol. The van der Waals surface area contributed by atoms with Crippen molar-refractivity contribution in [1.29, 1.82) is 0 Å². The number of nitrogens with one attached hydrogen (secondary N) is 1. The van der Waals surface area contributed by atoms with Crippen LogP contribution in [-0.2, 0) is 4.79 Å². The Bertz CT molecular complexity index is 227. The lowest BCUT2D eigenvalue weighted by atomic mass is 9.85. The summed E-state index contributed by atoms with van der Waals surface area (Å²) in [6, 6.07) is 0.516. The van der Waals surface area contributed by atoms with Crippen molar-refractivity contribution in [2.45, 2.75) is 31.7 Å². The van der Waals surface area contributed by atoms with E-state index in [1.165, 1.54) is 6.42 Å². The molecule has 0 aromatic heterocycles. The van der Waals surface area contributed by atoms with Crippen LogP contribution in [0.3, 0.4) is 0 Å². The molecule has 2 unspecified atom stereocenters. The van der Waals surface area contributed by atoms with Crippen LogP contribution in [0.4, 0.5) is 0 Å². The monoisotopic (exact) mass is 212 g/mol. The summed E-state index contributed by atoms with van der Waals surface area (Å²) in [4.78, 5) is 13.4. The maximum atomic E-state index is 11.0. The molecule has 2 rings (SSSR count). The van der Waals surface area contributed by atoms with Crippen molar-refractivity contribution in [3.05, 3.63) is 0 Å². The number of carboxylic acid groups (broad SMARTS) is 1. The van der Waals surface area contributed by atoms with Crippen LogP contribution in [0.25, 0.3) is 0 Å². The van der Waals surface area contributed by atoms with Gasteiger partial charge in [-0.25, -0.2) is 0 Å². The summed E-state index contributed by atoms with van der Waals surface area (Å²) in [7, 11) is 0. The largest absolute Gasteiger partial charge is 0.481 e. The maximum Gasteiger partial charge on any atom is 0.306 e. The zero-order chi connectivity index (χ0) is 10.7. The van der Waals surface area contributed by atoms with Crippen LogP contribution in [0.5, 0.6) is 0 Å². The van der Waals surface area contributed by atoms with Crippen molar-refractivity contribution in [3.63, 3.8) is 0 Å². The van der Waals surface area contributed by atoms with Gasteiger partial charge in [-0.3, -0.25) is 9.69 Å². The van der Waals surface area contributed by atoms with E-state index < -0.39 is 5.97 Å². The van der Waals surface area contributed by atoms with Gasteiger partial charge in [-0.15, -0.1) is 0 Å². The lowest BCUT2D eigenvalue weighted by Gasteiger charge is -2.38. The third kappa shape index (κ3) is 2.69. The average molecular weight is 212 g/mol. The summed E-state index contributed by atoms with van der Waals surface area (Å²) in [5, 5.41) is 12.4. The molecule has 86 valence electrons. The maximum absolute atomic E-state index is 11.0. The summed E-state index contributed by atoms with van der Waals surface area (Å²) >= 11 is 0. The standard InChI is InChI=1S/C11H20N2O2/c14-11(15)9-2-1-3-10(8-9)13-6-4-12-5-7-13/h9-10,12H,1-8H2,(H,14,15). The first-order chi connectivity index (χ1) is 7.27. The van der Waals surface area contributed by atoms with E-state index in [4.69, 9.17) is 5.11 Å². The fraction of sp³-hybridized carbons (Fsp3) is 0.909. The summed E-state index contributed by atoms with van der Waals surface area (Å²) in [6.07, 6.45) is 3.99. The summed E-state index contributed by atoms with van der Waals surface area (Å²) < 4.78 is 0. The molecule has 15 heavy (non-hydrogen) atoms. The molecule has 0 spiro atoms. The van der Waals surface area contributed by atoms with E-state index in [9.17, 15) is 4.79 Å². The van der Waals surface area contributed by atoms with Gasteiger partial charge in [0.2, 0.25) is 0 Å². The third-order valence-corrected chi connectivity index (χ3v) is 3.66. The van der Waals surface area contributed by atoms with Gasteiger partial charge in [0.05, 0.1) is 5.92 Å². The molecule has 0 amide bonds. The normalized spacial score (nSPS) is 33.9. The molecule has 1 aliphatic heterocycles. The van der Waals surface area contributed by atoms with E-state index in [0.717, 1.165) is 45.4 Å². The molecule has 1 saturated heterocycles. The summed E-state index contributed by atoms with van der Waals surface area (Å²) in [5.41, 5.74) is 0. The van der Waals surface area contributed by atoms with Crippen LogP contribution in [0.15, 0.2) is 0 Å². The smallest absolute Gasteiger partial charge is 0.306 e. The zero-order valence-electron chi connectivity index (χ0n) is 9.11. The Morgan fingerprint density at radius 3 is 2.67 bits per heavy atom. The van der Waals surface area contributed by atoms with E-state index in [1.54, 1.807) is 0 Å². The topological polar surface area (TPSA) is 52.6 Å². The number of carboxylic acids is 1. The second kappa shape index (κ2) is 4.94. The van der Waals surface area contributed by atoms with Gasteiger partial charge in [-0.05, 0) is 19.3 Å². The predicted octanol–water partition coefficient (Wildman–Crippen LogP) is 0.535. The highest BCUT2D eigenvalue weighted by atomic mass is 16.4. The Morgan fingerprint density at radius 1 is 1.27 bits per heavy atom. The lowest BCUT2D eigenvalue weighted by molar-refractivity contribution is -0.143. The average Bonchev–Trinajstić information content (AvgIpc) is 2.30. The Labute approximate surface area is 90.6 Å². The molecule has 0 bridgehead atoms. The molecule has 1 heterocycles. The lowest BCUT2D eigenvalue weighted by Crippen LogP contribution is -2.50. The van der Waals surface area contributed by atoms with Crippen molar-refractivity contribution in [1.82, 2.24) is 10.2 Å². The van der Waals surface area contributed by atoms with Crippen LogP contribution < -0.4 is 5.32 Å². The highest BCUT2D eigenvalue weighted by Gasteiger charge is 2.30. The molecule has 2 N–H and O–H groups in total. The van der Waals surface area contributed by atoms with Crippen LogP contribution in [0.2, 0.25) is 0 Å². The molecule has 4 nitrogen and oxygen atoms in total. The Hall–Kier alpha value is -0.610. The minimum absolute atomic E-state index is 0.0985. The third-order valence-electron chi connectivity index (χ3n) is 3.66. The van der Waals surface area contributed by atoms with Crippen LogP contribution >= 0.6 is 0 Å². The highest BCUT2D eigenvalue weighted by Crippen LogP contribution is 2.28. The second-order valence-corrected chi connectivity index (χ2v) is 4.64. The first kappa shape index (κ1) is 10.9. The van der Waals surface area contributed by atoms with E-state index >= 15 is 0 Å². The number of rotatable bonds is 2. The Morgan fingerprint density at radius 2 is 2.00 bits per heavy atom. The number of nitrogens with zero attached hydrogens (tertiary/aromatic N) is 1. The van der Waals surface area contributed by atoms with E-state index in [2.05, 4.69) is 10.2 Å². The van der Waals surface area contributed by atoms with Gasteiger partial charge >= 0.3 is 5.97 Å². The number of piperazine rings is 1. The molecule has 2 atom stereocenters. The molecule has 0 aromatic rings. The van der Waals surface area contributed by atoms with Gasteiger partial charge in [0.25, 0.3) is 0 Å². The Balaban J connectivity index is 1.88. The van der Waals surface area contributed by atoms with Crippen molar-refractivity contribution in [2.24, 2.45) is 5.92 Å². The number of carbonyl (C=O) groups is 1. The quantitative estimate of drug-likeness (QED) is 0.701. The van der Waals surface area contributed by atoms with Gasteiger partial charge in [0.1, 0.15) is 0 Å². The van der Waals surface area contributed by atoms with Gasteiger partial charge in [-0.2, -0.15) is 0 Å². The first-order valence-corrected chi connectivity index (χ1v) is 5.95. The molecule has 0 radical (unpaired) electrons. The van der Waals surface area contributed by atoms with Crippen molar-refractivity contribution < 1.29 is 9.90 Å². The summed E-state index contributed by atoms with van der Waals surface area (Å²) in [5.74, 6) is -0.700. The number of hydrogen-bond donors (Lipinski definition) is 2. The van der Waals surface area contributed by atoms with Crippen molar-refractivity contribution in [2.75, 3.05) is 26.2 Å². The molecule has 4 heteroatoms. The van der Waals surface area contributed by atoms with E-state index in [-0.39, 0.29) is 5.92 Å². The molecule has 1 saturated carbocycles. The summed E-state index contributed by atoms with van der Waals surface area (Å²) in [6.45, 7) is 4.26. The minimum Gasteiger partial charge on any atom is -0.481 e. The van der Waals surface area contributed by atoms with Crippen molar-refractivity contribution >= 4 is 5.97 Å². The molecule has 2 aliphatic rings. The van der Waals surface area contributed by atoms with E-state index in [1.807, 2.05) is 0 Å². The fourth-order valence-electron chi connectivity index (χ4n) is 2.77. The molecule has 2 fully saturated rings.